The first-order valence-corrected chi connectivity index (χ1v) is 5.63. The zero-order chi connectivity index (χ0) is 12.8. The SMILES string of the molecule is C=COC(CC)Oc1ccc(C(C)=O)cc1C. The van der Waals surface area contributed by atoms with Gasteiger partial charge in [-0.3, -0.25) is 4.79 Å². The van der Waals surface area contributed by atoms with Crippen LogP contribution in [-0.2, 0) is 4.74 Å². The maximum absolute atomic E-state index is 11.2. The Morgan fingerprint density at radius 3 is 2.71 bits per heavy atom. The van der Waals surface area contributed by atoms with Crippen molar-refractivity contribution in [2.24, 2.45) is 0 Å². The van der Waals surface area contributed by atoms with E-state index in [-0.39, 0.29) is 12.1 Å². The molecule has 0 saturated heterocycles. The van der Waals surface area contributed by atoms with Gasteiger partial charge in [0.05, 0.1) is 6.26 Å². The minimum absolute atomic E-state index is 0.0500. The fourth-order valence-electron chi connectivity index (χ4n) is 1.46. The summed E-state index contributed by atoms with van der Waals surface area (Å²) in [6.07, 6.45) is 1.75. The van der Waals surface area contributed by atoms with E-state index < -0.39 is 0 Å². The summed E-state index contributed by atoms with van der Waals surface area (Å²) >= 11 is 0. The Balaban J connectivity index is 2.84. The van der Waals surface area contributed by atoms with Crippen LogP contribution < -0.4 is 4.74 Å². The molecule has 0 aromatic heterocycles. The van der Waals surface area contributed by atoms with Crippen molar-refractivity contribution in [2.75, 3.05) is 0 Å². The monoisotopic (exact) mass is 234 g/mol. The number of aryl methyl sites for hydroxylation is 1. The number of carbonyl (C=O) groups excluding carboxylic acids is 1. The lowest BCUT2D eigenvalue weighted by atomic mass is 10.1. The van der Waals surface area contributed by atoms with E-state index >= 15 is 0 Å². The normalized spacial score (nSPS) is 11.7. The number of rotatable bonds is 6. The van der Waals surface area contributed by atoms with Crippen LogP contribution in [0.25, 0.3) is 0 Å². The van der Waals surface area contributed by atoms with Crippen molar-refractivity contribution < 1.29 is 14.3 Å². The first-order valence-electron chi connectivity index (χ1n) is 5.63. The van der Waals surface area contributed by atoms with Gasteiger partial charge in [-0.1, -0.05) is 13.5 Å². The lowest BCUT2D eigenvalue weighted by Crippen LogP contribution is -2.17. The molecule has 3 nitrogen and oxygen atoms in total. The van der Waals surface area contributed by atoms with Crippen molar-refractivity contribution in [3.63, 3.8) is 0 Å². The second kappa shape index (κ2) is 6.09. The summed E-state index contributed by atoms with van der Waals surface area (Å²) in [6, 6.07) is 5.37. The second-order valence-electron chi connectivity index (χ2n) is 3.79. The molecule has 0 fully saturated rings. The number of ketones is 1. The summed E-state index contributed by atoms with van der Waals surface area (Å²) in [5.74, 6) is 0.776. The Bertz CT molecular complexity index is 410. The van der Waals surface area contributed by atoms with E-state index in [1.54, 1.807) is 19.1 Å². The molecule has 1 rings (SSSR count). The fraction of sp³-hybridized carbons (Fsp3) is 0.357. The quantitative estimate of drug-likeness (QED) is 0.429. The predicted molar refractivity (Wildman–Crippen MR) is 67.2 cm³/mol. The minimum Gasteiger partial charge on any atom is -0.463 e. The highest BCUT2D eigenvalue weighted by atomic mass is 16.7. The number of hydrogen-bond donors (Lipinski definition) is 0. The summed E-state index contributed by atoms with van der Waals surface area (Å²) in [6.45, 7) is 8.92. The van der Waals surface area contributed by atoms with Crippen LogP contribution in [0.2, 0.25) is 0 Å². The summed E-state index contributed by atoms with van der Waals surface area (Å²) in [7, 11) is 0. The van der Waals surface area contributed by atoms with Gasteiger partial charge in [0, 0.05) is 12.0 Å². The molecule has 0 amide bonds. The highest BCUT2D eigenvalue weighted by molar-refractivity contribution is 5.94. The lowest BCUT2D eigenvalue weighted by molar-refractivity contribution is -0.0313. The van der Waals surface area contributed by atoms with Gasteiger partial charge in [-0.25, -0.2) is 0 Å². The molecular formula is C14H18O3. The van der Waals surface area contributed by atoms with Gasteiger partial charge in [0.2, 0.25) is 6.29 Å². The number of ether oxygens (including phenoxy) is 2. The van der Waals surface area contributed by atoms with Crippen molar-refractivity contribution in [1.82, 2.24) is 0 Å². The molecule has 0 aliphatic carbocycles. The minimum atomic E-state index is -0.339. The van der Waals surface area contributed by atoms with Gasteiger partial charge in [0.15, 0.2) is 5.78 Å². The van der Waals surface area contributed by atoms with Crippen molar-refractivity contribution in [3.05, 3.63) is 42.2 Å². The Labute approximate surface area is 102 Å². The molecule has 17 heavy (non-hydrogen) atoms. The predicted octanol–water partition coefficient (Wildman–Crippen LogP) is 3.47. The van der Waals surface area contributed by atoms with Crippen molar-refractivity contribution in [2.45, 2.75) is 33.5 Å². The van der Waals surface area contributed by atoms with Gasteiger partial charge >= 0.3 is 0 Å². The molecule has 0 spiro atoms. The zero-order valence-corrected chi connectivity index (χ0v) is 10.5. The third-order valence-corrected chi connectivity index (χ3v) is 2.42. The molecule has 0 bridgehead atoms. The molecule has 1 aromatic rings. The molecule has 1 aromatic carbocycles. The highest BCUT2D eigenvalue weighted by Crippen LogP contribution is 2.21. The molecule has 1 unspecified atom stereocenters. The van der Waals surface area contributed by atoms with Crippen LogP contribution in [0.4, 0.5) is 0 Å². The molecule has 0 saturated carbocycles. The Morgan fingerprint density at radius 2 is 2.24 bits per heavy atom. The summed E-state index contributed by atoms with van der Waals surface area (Å²) in [5, 5.41) is 0. The van der Waals surface area contributed by atoms with Gasteiger partial charge in [-0.15, -0.1) is 0 Å². The summed E-state index contributed by atoms with van der Waals surface area (Å²) < 4.78 is 10.9. The largest absolute Gasteiger partial charge is 0.463 e. The number of benzene rings is 1. The standard InChI is InChI=1S/C14H18O3/c1-5-14(16-6-2)17-13-8-7-12(11(4)15)9-10(13)3/h6-9,14H,2,5H2,1,3-4H3. The molecule has 0 N–H and O–H groups in total. The molecule has 0 heterocycles. The van der Waals surface area contributed by atoms with E-state index in [0.717, 1.165) is 17.7 Å². The molecule has 0 aliphatic heterocycles. The third kappa shape index (κ3) is 3.63. The molecular weight excluding hydrogens is 216 g/mol. The van der Waals surface area contributed by atoms with Crippen molar-refractivity contribution in [1.29, 1.82) is 0 Å². The van der Waals surface area contributed by atoms with Crippen molar-refractivity contribution >= 4 is 5.78 Å². The second-order valence-corrected chi connectivity index (χ2v) is 3.79. The molecule has 3 heteroatoms. The zero-order valence-electron chi connectivity index (χ0n) is 10.5. The van der Waals surface area contributed by atoms with Crippen LogP contribution in [0.15, 0.2) is 31.0 Å². The van der Waals surface area contributed by atoms with Gasteiger partial charge in [0.25, 0.3) is 0 Å². The Morgan fingerprint density at radius 1 is 1.53 bits per heavy atom. The maximum Gasteiger partial charge on any atom is 0.239 e. The molecule has 0 aliphatic rings. The average Bonchev–Trinajstić information content (AvgIpc) is 2.30. The Hall–Kier alpha value is -1.77. The van der Waals surface area contributed by atoms with Gasteiger partial charge in [-0.05, 0) is 37.6 Å². The third-order valence-electron chi connectivity index (χ3n) is 2.42. The average molecular weight is 234 g/mol. The smallest absolute Gasteiger partial charge is 0.239 e. The van der Waals surface area contributed by atoms with E-state index in [2.05, 4.69) is 6.58 Å². The van der Waals surface area contributed by atoms with E-state index in [1.165, 1.54) is 6.26 Å². The van der Waals surface area contributed by atoms with Crippen LogP contribution in [0.3, 0.4) is 0 Å². The first-order chi connectivity index (χ1) is 8.08. The van der Waals surface area contributed by atoms with E-state index in [0.29, 0.717) is 5.56 Å². The van der Waals surface area contributed by atoms with E-state index in [4.69, 9.17) is 9.47 Å². The highest BCUT2D eigenvalue weighted by Gasteiger charge is 2.10. The van der Waals surface area contributed by atoms with E-state index in [1.807, 2.05) is 19.9 Å². The molecule has 1 atom stereocenters. The van der Waals surface area contributed by atoms with Crippen LogP contribution in [-0.4, -0.2) is 12.1 Å². The molecule has 0 radical (unpaired) electrons. The number of Topliss-reactive ketones (excluding diaryl/α,β-unsaturated/α-hetero) is 1. The van der Waals surface area contributed by atoms with Crippen LogP contribution >= 0.6 is 0 Å². The topological polar surface area (TPSA) is 35.5 Å². The fourth-order valence-corrected chi connectivity index (χ4v) is 1.46. The summed E-state index contributed by atoms with van der Waals surface area (Å²) in [5.41, 5.74) is 1.61. The lowest BCUT2D eigenvalue weighted by Gasteiger charge is -2.18. The van der Waals surface area contributed by atoms with Gasteiger partial charge < -0.3 is 9.47 Å². The molecule has 92 valence electrons. The summed E-state index contributed by atoms with van der Waals surface area (Å²) in [4.78, 5) is 11.2. The van der Waals surface area contributed by atoms with Crippen LogP contribution in [0.5, 0.6) is 5.75 Å². The van der Waals surface area contributed by atoms with Gasteiger partial charge in [-0.2, -0.15) is 0 Å². The van der Waals surface area contributed by atoms with Gasteiger partial charge in [0.1, 0.15) is 5.75 Å². The van der Waals surface area contributed by atoms with Crippen LogP contribution in [0, 0.1) is 6.92 Å². The number of carbonyl (C=O) groups is 1. The van der Waals surface area contributed by atoms with E-state index in [9.17, 15) is 4.79 Å². The first kappa shape index (κ1) is 13.3. The van der Waals surface area contributed by atoms with Crippen molar-refractivity contribution in [3.8, 4) is 5.75 Å². The van der Waals surface area contributed by atoms with Crippen LogP contribution in [0.1, 0.15) is 36.2 Å². The maximum atomic E-state index is 11.2. The number of hydrogen-bond acceptors (Lipinski definition) is 3. The Kier molecular flexibility index (Phi) is 4.76.